The second kappa shape index (κ2) is 6.18. The Bertz CT molecular complexity index is 524. The van der Waals surface area contributed by atoms with Crippen LogP contribution in [0.25, 0.3) is 0 Å². The Labute approximate surface area is 116 Å². The number of nitrogens with zero attached hydrogens (tertiary/aromatic N) is 1. The van der Waals surface area contributed by atoms with Crippen LogP contribution in [0.4, 0.5) is 5.69 Å². The molecule has 1 aromatic carbocycles. The van der Waals surface area contributed by atoms with Crippen LogP contribution in [0.1, 0.15) is 29.6 Å². The van der Waals surface area contributed by atoms with Crippen molar-refractivity contribution in [3.8, 4) is 0 Å². The van der Waals surface area contributed by atoms with E-state index in [1.54, 1.807) is 29.2 Å². The number of carboxylic acid groups (broad SMARTS) is 1. The summed E-state index contributed by atoms with van der Waals surface area (Å²) >= 11 is 0. The van der Waals surface area contributed by atoms with Gasteiger partial charge >= 0.3 is 5.97 Å². The van der Waals surface area contributed by atoms with Crippen LogP contribution < -0.4 is 10.2 Å². The quantitative estimate of drug-likeness (QED) is 0.859. The lowest BCUT2D eigenvalue weighted by Crippen LogP contribution is -2.35. The van der Waals surface area contributed by atoms with Crippen LogP contribution >= 0.6 is 0 Å². The van der Waals surface area contributed by atoms with Crippen molar-refractivity contribution in [2.75, 3.05) is 18.0 Å². The summed E-state index contributed by atoms with van der Waals surface area (Å²) in [5.41, 5.74) is 1.14. The van der Waals surface area contributed by atoms with E-state index in [9.17, 15) is 14.4 Å². The van der Waals surface area contributed by atoms with E-state index < -0.39 is 18.4 Å². The molecule has 0 saturated carbocycles. The topological polar surface area (TPSA) is 86.7 Å². The monoisotopic (exact) mass is 276 g/mol. The Kier molecular flexibility index (Phi) is 4.34. The van der Waals surface area contributed by atoms with Gasteiger partial charge in [-0.15, -0.1) is 0 Å². The molecule has 106 valence electrons. The van der Waals surface area contributed by atoms with E-state index in [-0.39, 0.29) is 5.91 Å². The Morgan fingerprint density at radius 3 is 2.50 bits per heavy atom. The summed E-state index contributed by atoms with van der Waals surface area (Å²) in [5.74, 6) is -1.43. The Hall–Kier alpha value is -2.37. The van der Waals surface area contributed by atoms with Crippen LogP contribution in [0, 0.1) is 0 Å². The summed E-state index contributed by atoms with van der Waals surface area (Å²) < 4.78 is 0. The number of anilines is 1. The minimum Gasteiger partial charge on any atom is -0.480 e. The van der Waals surface area contributed by atoms with Crippen LogP contribution in [0.2, 0.25) is 0 Å². The largest absolute Gasteiger partial charge is 0.480 e. The highest BCUT2D eigenvalue weighted by atomic mass is 16.4. The predicted octanol–water partition coefficient (Wildman–Crippen LogP) is 1.02. The lowest BCUT2D eigenvalue weighted by atomic mass is 10.1. The van der Waals surface area contributed by atoms with Crippen molar-refractivity contribution in [2.45, 2.75) is 19.3 Å². The summed E-state index contributed by atoms with van der Waals surface area (Å²) in [6.45, 7) is 0.286. The molecular weight excluding hydrogens is 260 g/mol. The molecule has 0 aromatic heterocycles. The molecule has 0 unspecified atom stereocenters. The molecule has 0 aliphatic carbocycles. The number of hydrogen-bond donors (Lipinski definition) is 2. The number of amides is 2. The first kappa shape index (κ1) is 14.0. The third-order valence-corrected chi connectivity index (χ3v) is 3.16. The number of carbonyl (C=O) groups excluding carboxylic acids is 2. The molecule has 2 N–H and O–H groups in total. The molecule has 0 atom stereocenters. The highest BCUT2D eigenvalue weighted by Gasteiger charge is 2.19. The van der Waals surface area contributed by atoms with Gasteiger partial charge in [0.25, 0.3) is 5.91 Å². The third kappa shape index (κ3) is 3.34. The van der Waals surface area contributed by atoms with Crippen molar-refractivity contribution >= 4 is 23.5 Å². The van der Waals surface area contributed by atoms with Crippen LogP contribution in [0.5, 0.6) is 0 Å². The molecule has 2 rings (SSSR count). The second-order valence-electron chi connectivity index (χ2n) is 4.63. The summed E-state index contributed by atoms with van der Waals surface area (Å²) in [7, 11) is 0. The molecule has 0 spiro atoms. The van der Waals surface area contributed by atoms with Crippen LogP contribution in [-0.4, -0.2) is 36.0 Å². The fourth-order valence-electron chi connectivity index (χ4n) is 2.13. The minimum atomic E-state index is -1.09. The zero-order chi connectivity index (χ0) is 14.5. The molecule has 6 nitrogen and oxygen atoms in total. The number of carbonyl (C=O) groups is 3. The Balaban J connectivity index is 2.04. The van der Waals surface area contributed by atoms with Crippen molar-refractivity contribution in [1.82, 2.24) is 5.32 Å². The highest BCUT2D eigenvalue weighted by Crippen LogP contribution is 2.21. The van der Waals surface area contributed by atoms with Gasteiger partial charge in [0.2, 0.25) is 5.91 Å². The highest BCUT2D eigenvalue weighted by molar-refractivity contribution is 5.97. The Morgan fingerprint density at radius 1 is 1.20 bits per heavy atom. The van der Waals surface area contributed by atoms with Gasteiger partial charge in [0.1, 0.15) is 6.54 Å². The molecule has 1 heterocycles. The molecular formula is C14H16N2O4. The number of aliphatic carboxylic acids is 1. The molecule has 1 saturated heterocycles. The molecule has 20 heavy (non-hydrogen) atoms. The number of nitrogens with one attached hydrogen (secondary N) is 1. The van der Waals surface area contributed by atoms with E-state index in [2.05, 4.69) is 5.32 Å². The summed E-state index contributed by atoms with van der Waals surface area (Å²) in [5, 5.41) is 10.8. The number of benzene rings is 1. The molecule has 1 aliphatic heterocycles. The number of piperidine rings is 1. The van der Waals surface area contributed by atoms with E-state index in [1.807, 2.05) is 0 Å². The van der Waals surface area contributed by atoms with E-state index in [4.69, 9.17) is 5.11 Å². The first-order valence-corrected chi connectivity index (χ1v) is 6.48. The zero-order valence-electron chi connectivity index (χ0n) is 11.0. The summed E-state index contributed by atoms with van der Waals surface area (Å²) in [4.78, 5) is 35.5. The van der Waals surface area contributed by atoms with Crippen LogP contribution in [0.3, 0.4) is 0 Å². The summed E-state index contributed by atoms with van der Waals surface area (Å²) in [6, 6.07) is 6.60. The van der Waals surface area contributed by atoms with Gasteiger partial charge in [-0.2, -0.15) is 0 Å². The van der Waals surface area contributed by atoms with Crippen LogP contribution in [-0.2, 0) is 9.59 Å². The number of hydrogen-bond acceptors (Lipinski definition) is 3. The van der Waals surface area contributed by atoms with Gasteiger partial charge in [0, 0.05) is 24.2 Å². The molecule has 0 radical (unpaired) electrons. The van der Waals surface area contributed by atoms with Gasteiger partial charge in [0.15, 0.2) is 0 Å². The fraction of sp³-hybridized carbons (Fsp3) is 0.357. The van der Waals surface area contributed by atoms with Crippen molar-refractivity contribution in [3.05, 3.63) is 29.8 Å². The smallest absolute Gasteiger partial charge is 0.322 e. The molecule has 6 heteroatoms. The van der Waals surface area contributed by atoms with Gasteiger partial charge in [0.05, 0.1) is 0 Å². The Morgan fingerprint density at radius 2 is 1.90 bits per heavy atom. The standard InChI is InChI=1S/C14H16N2O4/c17-12-3-1-2-8-16(12)11-6-4-10(5-7-11)14(20)15-9-13(18)19/h4-7H,1-3,8-9H2,(H,15,20)(H,18,19). The normalized spacial score (nSPS) is 15.0. The lowest BCUT2D eigenvalue weighted by molar-refractivity contribution is -0.135. The average molecular weight is 276 g/mol. The predicted molar refractivity (Wildman–Crippen MR) is 72.6 cm³/mol. The molecule has 2 amide bonds. The molecule has 0 bridgehead atoms. The SMILES string of the molecule is O=C(O)CNC(=O)c1ccc(N2CCCCC2=O)cc1. The molecule has 1 aromatic rings. The van der Waals surface area contributed by atoms with Gasteiger partial charge in [-0.05, 0) is 37.1 Å². The lowest BCUT2D eigenvalue weighted by Gasteiger charge is -2.26. The number of rotatable bonds is 4. The minimum absolute atomic E-state index is 0.0966. The first-order chi connectivity index (χ1) is 9.58. The summed E-state index contributed by atoms with van der Waals surface area (Å²) in [6.07, 6.45) is 2.46. The molecule has 1 aliphatic rings. The van der Waals surface area contributed by atoms with Gasteiger partial charge in [-0.3, -0.25) is 14.4 Å². The second-order valence-corrected chi connectivity index (χ2v) is 4.63. The van der Waals surface area contributed by atoms with Gasteiger partial charge in [-0.25, -0.2) is 0 Å². The first-order valence-electron chi connectivity index (χ1n) is 6.48. The van der Waals surface area contributed by atoms with E-state index >= 15 is 0 Å². The van der Waals surface area contributed by atoms with E-state index in [1.165, 1.54) is 0 Å². The van der Waals surface area contributed by atoms with E-state index in [0.717, 1.165) is 18.5 Å². The van der Waals surface area contributed by atoms with Crippen molar-refractivity contribution in [3.63, 3.8) is 0 Å². The van der Waals surface area contributed by atoms with Crippen molar-refractivity contribution in [2.24, 2.45) is 0 Å². The molecule has 1 fully saturated rings. The average Bonchev–Trinajstić information content (AvgIpc) is 2.45. The zero-order valence-corrected chi connectivity index (χ0v) is 11.0. The number of carboxylic acids is 1. The maximum atomic E-state index is 11.8. The van der Waals surface area contributed by atoms with Gasteiger partial charge < -0.3 is 15.3 Å². The van der Waals surface area contributed by atoms with Crippen LogP contribution in [0.15, 0.2) is 24.3 Å². The van der Waals surface area contributed by atoms with Gasteiger partial charge in [-0.1, -0.05) is 0 Å². The maximum Gasteiger partial charge on any atom is 0.322 e. The van der Waals surface area contributed by atoms with E-state index in [0.29, 0.717) is 18.5 Å². The fourth-order valence-corrected chi connectivity index (χ4v) is 2.13. The van der Waals surface area contributed by atoms with Crippen molar-refractivity contribution in [1.29, 1.82) is 0 Å². The third-order valence-electron chi connectivity index (χ3n) is 3.16. The van der Waals surface area contributed by atoms with Crippen molar-refractivity contribution < 1.29 is 19.5 Å². The maximum absolute atomic E-state index is 11.8.